The highest BCUT2D eigenvalue weighted by Crippen LogP contribution is 2.22. The fourth-order valence-corrected chi connectivity index (χ4v) is 1.81. The minimum Gasteiger partial charge on any atom is -0.444 e. The second-order valence-corrected chi connectivity index (χ2v) is 5.69. The molecule has 0 saturated heterocycles. The van der Waals surface area contributed by atoms with Crippen LogP contribution in [0.25, 0.3) is 0 Å². The van der Waals surface area contributed by atoms with Crippen molar-refractivity contribution < 1.29 is 9.53 Å². The van der Waals surface area contributed by atoms with Crippen molar-refractivity contribution in [3.8, 4) is 0 Å². The van der Waals surface area contributed by atoms with Crippen LogP contribution >= 0.6 is 0 Å². The van der Waals surface area contributed by atoms with E-state index in [4.69, 9.17) is 4.74 Å². The Morgan fingerprint density at radius 1 is 1.26 bits per heavy atom. The molecule has 1 heterocycles. The standard InChI is InChI=1S/C16H23NO2/c1-7-13(8-2)9-14-11-17(10-12(14)3)15(18)19-16(4,5)6/h7-9H,1-2,10-11H2,3-6H3. The van der Waals surface area contributed by atoms with E-state index in [1.165, 1.54) is 5.57 Å². The number of allylic oxidation sites excluding steroid dienone is 3. The lowest BCUT2D eigenvalue weighted by molar-refractivity contribution is 0.0300. The summed E-state index contributed by atoms with van der Waals surface area (Å²) in [6.07, 6.45) is 5.25. The molecule has 0 fully saturated rings. The second-order valence-electron chi connectivity index (χ2n) is 5.69. The zero-order valence-electron chi connectivity index (χ0n) is 12.3. The smallest absolute Gasteiger partial charge is 0.410 e. The third-order valence-electron chi connectivity index (χ3n) is 2.80. The topological polar surface area (TPSA) is 29.5 Å². The summed E-state index contributed by atoms with van der Waals surface area (Å²) in [5.74, 6) is 0. The lowest BCUT2D eigenvalue weighted by atomic mass is 10.1. The van der Waals surface area contributed by atoms with Gasteiger partial charge < -0.3 is 4.74 Å². The molecule has 104 valence electrons. The summed E-state index contributed by atoms with van der Waals surface area (Å²) in [5.41, 5.74) is 2.80. The molecule has 0 bridgehead atoms. The van der Waals surface area contributed by atoms with Gasteiger partial charge in [-0.05, 0) is 50.5 Å². The Kier molecular flexibility index (Phi) is 4.76. The molecule has 0 saturated carbocycles. The number of rotatable bonds is 3. The Bertz CT molecular complexity index is 440. The van der Waals surface area contributed by atoms with Gasteiger partial charge in [-0.15, -0.1) is 0 Å². The molecule has 3 heteroatoms. The van der Waals surface area contributed by atoms with Gasteiger partial charge in [0.15, 0.2) is 0 Å². The molecule has 1 rings (SSSR count). The monoisotopic (exact) mass is 261 g/mol. The summed E-state index contributed by atoms with van der Waals surface area (Å²) >= 11 is 0. The predicted molar refractivity (Wildman–Crippen MR) is 79.0 cm³/mol. The van der Waals surface area contributed by atoms with E-state index in [2.05, 4.69) is 13.2 Å². The van der Waals surface area contributed by atoms with Crippen LogP contribution in [-0.4, -0.2) is 29.7 Å². The highest BCUT2D eigenvalue weighted by Gasteiger charge is 2.27. The maximum absolute atomic E-state index is 12.0. The van der Waals surface area contributed by atoms with E-state index in [1.807, 2.05) is 33.8 Å². The Morgan fingerprint density at radius 3 is 2.32 bits per heavy atom. The minimum atomic E-state index is -0.461. The third-order valence-corrected chi connectivity index (χ3v) is 2.80. The van der Waals surface area contributed by atoms with Gasteiger partial charge >= 0.3 is 6.09 Å². The van der Waals surface area contributed by atoms with Crippen LogP contribution in [0.4, 0.5) is 4.79 Å². The molecule has 0 aromatic carbocycles. The number of carbonyl (C=O) groups excluding carboxylic acids is 1. The van der Waals surface area contributed by atoms with E-state index in [0.717, 1.165) is 11.1 Å². The summed E-state index contributed by atoms with van der Waals surface area (Å²) in [6, 6.07) is 0. The van der Waals surface area contributed by atoms with E-state index in [-0.39, 0.29) is 6.09 Å². The maximum atomic E-state index is 12.0. The molecular formula is C16H23NO2. The molecule has 0 aromatic rings. The lowest BCUT2D eigenvalue weighted by Crippen LogP contribution is -2.35. The van der Waals surface area contributed by atoms with E-state index in [0.29, 0.717) is 13.1 Å². The first-order chi connectivity index (χ1) is 8.76. The molecule has 19 heavy (non-hydrogen) atoms. The van der Waals surface area contributed by atoms with Crippen molar-refractivity contribution in [1.82, 2.24) is 4.90 Å². The van der Waals surface area contributed by atoms with Crippen molar-refractivity contribution in [1.29, 1.82) is 0 Å². The van der Waals surface area contributed by atoms with Gasteiger partial charge in [0.05, 0.1) is 0 Å². The van der Waals surface area contributed by atoms with Crippen LogP contribution in [-0.2, 0) is 4.74 Å². The highest BCUT2D eigenvalue weighted by atomic mass is 16.6. The van der Waals surface area contributed by atoms with E-state index >= 15 is 0 Å². The first-order valence-electron chi connectivity index (χ1n) is 6.40. The van der Waals surface area contributed by atoms with Crippen molar-refractivity contribution in [3.05, 3.63) is 48.1 Å². The fourth-order valence-electron chi connectivity index (χ4n) is 1.81. The number of carbonyl (C=O) groups is 1. The number of hydrogen-bond acceptors (Lipinski definition) is 2. The van der Waals surface area contributed by atoms with Crippen molar-refractivity contribution in [2.24, 2.45) is 0 Å². The molecule has 0 aliphatic carbocycles. The molecule has 1 aliphatic rings. The van der Waals surface area contributed by atoms with Crippen LogP contribution in [0.3, 0.4) is 0 Å². The van der Waals surface area contributed by atoms with E-state index < -0.39 is 5.60 Å². The Morgan fingerprint density at radius 2 is 1.84 bits per heavy atom. The van der Waals surface area contributed by atoms with Gasteiger partial charge in [-0.2, -0.15) is 0 Å². The molecule has 1 aliphatic heterocycles. The van der Waals surface area contributed by atoms with E-state index in [9.17, 15) is 4.79 Å². The van der Waals surface area contributed by atoms with Crippen molar-refractivity contribution in [2.75, 3.05) is 13.1 Å². The van der Waals surface area contributed by atoms with Crippen LogP contribution in [0.1, 0.15) is 27.7 Å². The van der Waals surface area contributed by atoms with Gasteiger partial charge in [0.25, 0.3) is 0 Å². The maximum Gasteiger partial charge on any atom is 0.410 e. The number of hydrogen-bond donors (Lipinski definition) is 0. The van der Waals surface area contributed by atoms with Crippen LogP contribution < -0.4 is 0 Å². The third kappa shape index (κ3) is 4.43. The quantitative estimate of drug-likeness (QED) is 0.722. The molecule has 1 amide bonds. The van der Waals surface area contributed by atoms with Crippen molar-refractivity contribution >= 4 is 6.09 Å². The summed E-state index contributed by atoms with van der Waals surface area (Å²) in [5, 5.41) is 0. The summed E-state index contributed by atoms with van der Waals surface area (Å²) in [6.45, 7) is 16.3. The van der Waals surface area contributed by atoms with Crippen LogP contribution in [0.2, 0.25) is 0 Å². The molecule has 0 radical (unpaired) electrons. The van der Waals surface area contributed by atoms with Crippen LogP contribution in [0, 0.1) is 0 Å². The number of amides is 1. The molecule has 0 atom stereocenters. The second kappa shape index (κ2) is 5.91. The van der Waals surface area contributed by atoms with Gasteiger partial charge in [0, 0.05) is 13.1 Å². The number of ether oxygens (including phenoxy) is 1. The summed E-state index contributed by atoms with van der Waals surface area (Å²) in [7, 11) is 0. The molecule has 0 N–H and O–H groups in total. The molecule has 0 aromatic heterocycles. The molecule has 0 unspecified atom stereocenters. The normalized spacial score (nSPS) is 15.3. The SMILES string of the molecule is C=CC(C=C)=CC1=C(C)CN(C(=O)OC(C)(C)C)C1. The zero-order chi connectivity index (χ0) is 14.6. The fraction of sp³-hybridized carbons (Fsp3) is 0.438. The summed E-state index contributed by atoms with van der Waals surface area (Å²) in [4.78, 5) is 13.7. The van der Waals surface area contributed by atoms with Crippen molar-refractivity contribution in [3.63, 3.8) is 0 Å². The lowest BCUT2D eigenvalue weighted by Gasteiger charge is -2.24. The zero-order valence-corrected chi connectivity index (χ0v) is 12.3. The molecular weight excluding hydrogens is 238 g/mol. The van der Waals surface area contributed by atoms with E-state index in [1.54, 1.807) is 17.1 Å². The average molecular weight is 261 g/mol. The predicted octanol–water partition coefficient (Wildman–Crippen LogP) is 3.85. The minimum absolute atomic E-state index is 0.269. The Hall–Kier alpha value is -1.77. The Balaban J connectivity index is 2.75. The first kappa shape index (κ1) is 15.3. The van der Waals surface area contributed by atoms with Gasteiger partial charge in [-0.1, -0.05) is 25.3 Å². The van der Waals surface area contributed by atoms with Crippen molar-refractivity contribution in [2.45, 2.75) is 33.3 Å². The van der Waals surface area contributed by atoms with Gasteiger partial charge in [-0.25, -0.2) is 4.79 Å². The largest absolute Gasteiger partial charge is 0.444 e. The molecule has 3 nitrogen and oxygen atoms in total. The van der Waals surface area contributed by atoms with Crippen LogP contribution in [0.15, 0.2) is 48.1 Å². The van der Waals surface area contributed by atoms with Gasteiger partial charge in [0.2, 0.25) is 0 Å². The summed E-state index contributed by atoms with van der Waals surface area (Å²) < 4.78 is 5.38. The van der Waals surface area contributed by atoms with Crippen LogP contribution in [0.5, 0.6) is 0 Å². The molecule has 0 spiro atoms. The average Bonchev–Trinajstić information content (AvgIpc) is 2.65. The first-order valence-corrected chi connectivity index (χ1v) is 6.40. The Labute approximate surface area is 115 Å². The van der Waals surface area contributed by atoms with Gasteiger partial charge in [-0.3, -0.25) is 4.90 Å². The number of nitrogens with zero attached hydrogens (tertiary/aromatic N) is 1. The van der Waals surface area contributed by atoms with Gasteiger partial charge in [0.1, 0.15) is 5.60 Å². The highest BCUT2D eigenvalue weighted by molar-refractivity contribution is 5.70.